The maximum atomic E-state index is 12.2. The van der Waals surface area contributed by atoms with Gasteiger partial charge >= 0.3 is 0 Å². The molecule has 0 atom stereocenters. The topological polar surface area (TPSA) is 66.5 Å². The van der Waals surface area contributed by atoms with Crippen molar-refractivity contribution in [3.8, 4) is 0 Å². The van der Waals surface area contributed by atoms with E-state index in [-0.39, 0.29) is 18.1 Å². The number of halogens is 3. The van der Waals surface area contributed by atoms with Crippen LogP contribution in [0.15, 0.2) is 42.5 Å². The fraction of sp³-hybridized carbons (Fsp3) is 0.188. The molecule has 5 nitrogen and oxygen atoms in total. The zero-order valence-electron chi connectivity index (χ0n) is 13.2. The van der Waals surface area contributed by atoms with Crippen molar-refractivity contribution in [2.24, 2.45) is 0 Å². The third kappa shape index (κ3) is 6.17. The second-order valence-electron chi connectivity index (χ2n) is 5.33. The van der Waals surface area contributed by atoms with Crippen LogP contribution in [0.25, 0.3) is 0 Å². The third-order valence-corrected chi connectivity index (χ3v) is 5.26. The Morgan fingerprint density at radius 2 is 1.64 bits per heavy atom. The second kappa shape index (κ2) is 8.38. The van der Waals surface area contributed by atoms with Crippen molar-refractivity contribution in [2.75, 3.05) is 18.1 Å². The van der Waals surface area contributed by atoms with Crippen LogP contribution in [-0.2, 0) is 21.4 Å². The van der Waals surface area contributed by atoms with Gasteiger partial charge in [-0.15, -0.1) is 0 Å². The predicted octanol–water partition coefficient (Wildman–Crippen LogP) is 4.05. The van der Waals surface area contributed by atoms with Gasteiger partial charge < -0.3 is 5.32 Å². The summed E-state index contributed by atoms with van der Waals surface area (Å²) in [5.41, 5.74) is 1.07. The smallest absolute Gasteiger partial charge is 0.239 e. The van der Waals surface area contributed by atoms with Crippen molar-refractivity contribution < 1.29 is 13.2 Å². The van der Waals surface area contributed by atoms with Crippen LogP contribution in [0.4, 0.5) is 5.69 Å². The first kappa shape index (κ1) is 20.0. The fourth-order valence-electron chi connectivity index (χ4n) is 2.02. The first-order chi connectivity index (χ1) is 11.6. The summed E-state index contributed by atoms with van der Waals surface area (Å²) < 4.78 is 25.0. The molecule has 0 fully saturated rings. The molecule has 0 bridgehead atoms. The Morgan fingerprint density at radius 3 is 2.20 bits per heavy atom. The van der Waals surface area contributed by atoms with Gasteiger partial charge in [0.05, 0.1) is 23.5 Å². The number of hydrogen-bond donors (Lipinski definition) is 1. The van der Waals surface area contributed by atoms with Gasteiger partial charge in [0.2, 0.25) is 15.9 Å². The van der Waals surface area contributed by atoms with E-state index >= 15 is 0 Å². The first-order valence-electron chi connectivity index (χ1n) is 7.09. The molecule has 1 N–H and O–H groups in total. The van der Waals surface area contributed by atoms with E-state index in [1.165, 1.54) is 6.07 Å². The zero-order chi connectivity index (χ0) is 18.6. The molecule has 0 saturated carbocycles. The maximum Gasteiger partial charge on any atom is 0.239 e. The molecule has 0 aliphatic heterocycles. The van der Waals surface area contributed by atoms with Crippen LogP contribution in [-0.4, -0.2) is 31.4 Å². The summed E-state index contributed by atoms with van der Waals surface area (Å²) in [5.74, 6) is -0.511. The van der Waals surface area contributed by atoms with Crippen molar-refractivity contribution >= 4 is 56.4 Å². The van der Waals surface area contributed by atoms with E-state index < -0.39 is 15.9 Å². The Kier molecular flexibility index (Phi) is 6.71. The van der Waals surface area contributed by atoms with Crippen molar-refractivity contribution in [3.63, 3.8) is 0 Å². The van der Waals surface area contributed by atoms with E-state index in [1.54, 1.807) is 36.4 Å². The number of nitrogens with zero attached hydrogens (tertiary/aromatic N) is 1. The summed E-state index contributed by atoms with van der Waals surface area (Å²) in [6.07, 6.45) is 1.05. The Morgan fingerprint density at radius 1 is 1.04 bits per heavy atom. The molecule has 9 heteroatoms. The molecule has 25 heavy (non-hydrogen) atoms. The lowest BCUT2D eigenvalue weighted by Gasteiger charge is -2.20. The van der Waals surface area contributed by atoms with Crippen LogP contribution in [0.5, 0.6) is 0 Å². The Bertz CT molecular complexity index is 871. The van der Waals surface area contributed by atoms with Crippen LogP contribution in [0.1, 0.15) is 5.56 Å². The molecule has 0 aliphatic carbocycles. The molecule has 2 rings (SSSR count). The molecule has 0 aliphatic rings. The van der Waals surface area contributed by atoms with Gasteiger partial charge in [-0.3, -0.25) is 4.79 Å². The van der Waals surface area contributed by atoms with Gasteiger partial charge in [-0.05, 0) is 35.9 Å². The van der Waals surface area contributed by atoms with Crippen molar-refractivity contribution in [1.29, 1.82) is 0 Å². The standard InChI is InChI=1S/C16H15Cl3N2O3S/c1-25(23,24)21(9-11-2-4-12(17)5-3-11)10-16(22)20-15-7-6-13(18)8-14(15)19/h2-8H,9-10H2,1H3,(H,20,22). The van der Waals surface area contributed by atoms with Crippen molar-refractivity contribution in [2.45, 2.75) is 6.54 Å². The highest BCUT2D eigenvalue weighted by Gasteiger charge is 2.21. The van der Waals surface area contributed by atoms with E-state index in [0.717, 1.165) is 10.6 Å². The number of hydrogen-bond acceptors (Lipinski definition) is 3. The van der Waals surface area contributed by atoms with Crippen LogP contribution >= 0.6 is 34.8 Å². The highest BCUT2D eigenvalue weighted by Crippen LogP contribution is 2.25. The number of anilines is 1. The number of benzene rings is 2. The van der Waals surface area contributed by atoms with Gasteiger partial charge in [-0.1, -0.05) is 46.9 Å². The van der Waals surface area contributed by atoms with Crippen LogP contribution < -0.4 is 5.32 Å². The molecule has 2 aromatic rings. The average molecular weight is 422 g/mol. The molecular weight excluding hydrogens is 407 g/mol. The van der Waals surface area contributed by atoms with E-state index in [1.807, 2.05) is 0 Å². The fourth-order valence-corrected chi connectivity index (χ4v) is 3.34. The SMILES string of the molecule is CS(=O)(=O)N(CC(=O)Nc1ccc(Cl)cc1Cl)Cc1ccc(Cl)cc1. The average Bonchev–Trinajstić information content (AvgIpc) is 2.50. The Labute approximate surface area is 161 Å². The number of rotatable bonds is 6. The molecule has 0 saturated heterocycles. The minimum absolute atomic E-state index is 0.0533. The lowest BCUT2D eigenvalue weighted by Crippen LogP contribution is -2.36. The van der Waals surface area contributed by atoms with Gasteiger partial charge in [0.15, 0.2) is 0 Å². The lowest BCUT2D eigenvalue weighted by molar-refractivity contribution is -0.116. The number of nitrogens with one attached hydrogen (secondary N) is 1. The highest BCUT2D eigenvalue weighted by atomic mass is 35.5. The van der Waals surface area contributed by atoms with E-state index in [2.05, 4.69) is 5.32 Å². The molecule has 1 amide bonds. The number of amides is 1. The summed E-state index contributed by atoms with van der Waals surface area (Å²) in [5, 5.41) is 3.83. The molecule has 2 aromatic carbocycles. The van der Waals surface area contributed by atoms with Crippen LogP contribution in [0, 0.1) is 0 Å². The van der Waals surface area contributed by atoms with Gasteiger partial charge in [0.25, 0.3) is 0 Å². The molecular formula is C16H15Cl3N2O3S. The number of carbonyl (C=O) groups excluding carboxylic acids is 1. The quantitative estimate of drug-likeness (QED) is 0.765. The van der Waals surface area contributed by atoms with Crippen molar-refractivity contribution in [3.05, 3.63) is 63.1 Å². The van der Waals surface area contributed by atoms with E-state index in [9.17, 15) is 13.2 Å². The van der Waals surface area contributed by atoms with Gasteiger partial charge in [-0.2, -0.15) is 4.31 Å². The summed E-state index contributed by atoms with van der Waals surface area (Å²) >= 11 is 17.6. The number of sulfonamides is 1. The maximum absolute atomic E-state index is 12.2. The monoisotopic (exact) mass is 420 g/mol. The van der Waals surface area contributed by atoms with Gasteiger partial charge in [-0.25, -0.2) is 8.42 Å². The van der Waals surface area contributed by atoms with Gasteiger partial charge in [0.1, 0.15) is 0 Å². The normalized spacial score (nSPS) is 11.6. The summed E-state index contributed by atoms with van der Waals surface area (Å²) in [4.78, 5) is 12.2. The molecule has 0 aromatic heterocycles. The highest BCUT2D eigenvalue weighted by molar-refractivity contribution is 7.88. The number of carbonyl (C=O) groups is 1. The predicted molar refractivity (Wildman–Crippen MR) is 102 cm³/mol. The minimum Gasteiger partial charge on any atom is -0.324 e. The summed E-state index contributed by atoms with van der Waals surface area (Å²) in [7, 11) is -3.59. The Balaban J connectivity index is 2.11. The minimum atomic E-state index is -3.59. The largest absolute Gasteiger partial charge is 0.324 e. The van der Waals surface area contributed by atoms with Crippen molar-refractivity contribution in [1.82, 2.24) is 4.31 Å². The molecule has 0 radical (unpaired) electrons. The van der Waals surface area contributed by atoms with E-state index in [0.29, 0.717) is 21.3 Å². The molecule has 134 valence electrons. The molecule has 0 spiro atoms. The van der Waals surface area contributed by atoms with Gasteiger partial charge in [0, 0.05) is 16.6 Å². The second-order valence-corrected chi connectivity index (χ2v) is 8.59. The van der Waals surface area contributed by atoms with Crippen LogP contribution in [0.3, 0.4) is 0 Å². The Hall–Kier alpha value is -1.31. The molecule has 0 unspecified atom stereocenters. The van der Waals surface area contributed by atoms with Crippen LogP contribution in [0.2, 0.25) is 15.1 Å². The first-order valence-corrected chi connectivity index (χ1v) is 10.1. The lowest BCUT2D eigenvalue weighted by atomic mass is 10.2. The molecule has 0 heterocycles. The third-order valence-electron chi connectivity index (χ3n) is 3.27. The van der Waals surface area contributed by atoms with E-state index in [4.69, 9.17) is 34.8 Å². The zero-order valence-corrected chi connectivity index (χ0v) is 16.3. The summed E-state index contributed by atoms with van der Waals surface area (Å²) in [6, 6.07) is 11.3. The summed E-state index contributed by atoms with van der Waals surface area (Å²) in [6.45, 7) is -0.293.